The van der Waals surface area contributed by atoms with Crippen molar-refractivity contribution in [2.24, 2.45) is 0 Å². The number of nitrogens with one attached hydrogen (secondary N) is 2. The van der Waals surface area contributed by atoms with E-state index in [-0.39, 0.29) is 21.9 Å². The summed E-state index contributed by atoms with van der Waals surface area (Å²) >= 11 is 0. The van der Waals surface area contributed by atoms with Gasteiger partial charge in [-0.15, -0.1) is 0 Å². The molecular weight excluding hydrogens is 441 g/mol. The summed E-state index contributed by atoms with van der Waals surface area (Å²) in [4.78, 5) is 60.1. The number of amides is 1. The number of methoxy groups -OCH3 is 1. The van der Waals surface area contributed by atoms with Crippen LogP contribution in [-0.2, 0) is 10.9 Å². The summed E-state index contributed by atoms with van der Waals surface area (Å²) in [6, 6.07) is 5.69. The standard InChI is InChI=1S/C18H11F3N4O7/c1-32-17(29)9-4-2-3-8(5-9)14(26)23-24-13-7-12(25(30)31)10(18(19,20)21)6-11(13)22-15(27)16(24)28/h2-7H,1H3,(H,22,27)(H,23,26). The number of hydrogen-bond donors (Lipinski definition) is 2. The maximum Gasteiger partial charge on any atom is 0.423 e. The molecule has 0 aliphatic heterocycles. The van der Waals surface area contributed by atoms with Gasteiger partial charge in [0.25, 0.3) is 11.6 Å². The first-order valence-corrected chi connectivity index (χ1v) is 8.48. The molecule has 0 atom stereocenters. The zero-order valence-corrected chi connectivity index (χ0v) is 15.9. The molecule has 0 bridgehead atoms. The molecule has 3 aromatic rings. The molecule has 0 saturated heterocycles. The van der Waals surface area contributed by atoms with Gasteiger partial charge in [0.15, 0.2) is 0 Å². The van der Waals surface area contributed by atoms with Crippen LogP contribution in [0.5, 0.6) is 0 Å². The number of halogens is 3. The van der Waals surface area contributed by atoms with Gasteiger partial charge < -0.3 is 9.72 Å². The Labute approximate surface area is 174 Å². The quantitative estimate of drug-likeness (QED) is 0.265. The van der Waals surface area contributed by atoms with Crippen molar-refractivity contribution < 1.29 is 32.4 Å². The monoisotopic (exact) mass is 452 g/mol. The van der Waals surface area contributed by atoms with E-state index < -0.39 is 56.4 Å². The molecule has 11 nitrogen and oxygen atoms in total. The summed E-state index contributed by atoms with van der Waals surface area (Å²) in [5, 5.41) is 11.2. The van der Waals surface area contributed by atoms with Gasteiger partial charge in [-0.05, 0) is 24.3 Å². The highest BCUT2D eigenvalue weighted by atomic mass is 19.4. The average Bonchev–Trinajstić information content (AvgIpc) is 2.74. The summed E-state index contributed by atoms with van der Waals surface area (Å²) < 4.78 is 44.4. The van der Waals surface area contributed by atoms with E-state index in [0.717, 1.165) is 13.2 Å². The molecule has 0 radical (unpaired) electrons. The van der Waals surface area contributed by atoms with Crippen LogP contribution in [-0.4, -0.2) is 33.6 Å². The highest BCUT2D eigenvalue weighted by Crippen LogP contribution is 2.37. The number of fused-ring (bicyclic) bond motifs is 1. The number of benzene rings is 2. The molecule has 0 unspecified atom stereocenters. The molecular formula is C18H11F3N4O7. The smallest absolute Gasteiger partial charge is 0.423 e. The van der Waals surface area contributed by atoms with Gasteiger partial charge in [0.05, 0.1) is 28.6 Å². The van der Waals surface area contributed by atoms with E-state index in [9.17, 15) is 42.5 Å². The largest absolute Gasteiger partial charge is 0.465 e. The molecule has 0 fully saturated rings. The second kappa shape index (κ2) is 7.98. The maximum absolute atomic E-state index is 13.2. The van der Waals surface area contributed by atoms with Gasteiger partial charge in [0.1, 0.15) is 5.56 Å². The van der Waals surface area contributed by atoms with E-state index in [1.807, 2.05) is 10.4 Å². The molecule has 0 aliphatic rings. The Hall–Kier alpha value is -4.49. The molecule has 2 aromatic carbocycles. The number of carbonyl (C=O) groups excluding carboxylic acids is 2. The molecule has 1 aromatic heterocycles. The van der Waals surface area contributed by atoms with Gasteiger partial charge in [-0.25, -0.2) is 9.47 Å². The highest BCUT2D eigenvalue weighted by Gasteiger charge is 2.39. The van der Waals surface area contributed by atoms with Crippen molar-refractivity contribution >= 4 is 28.6 Å². The summed E-state index contributed by atoms with van der Waals surface area (Å²) in [7, 11) is 1.11. The zero-order valence-electron chi connectivity index (χ0n) is 15.9. The van der Waals surface area contributed by atoms with Gasteiger partial charge in [0, 0.05) is 11.6 Å². The number of alkyl halides is 3. The maximum atomic E-state index is 13.2. The van der Waals surface area contributed by atoms with Crippen LogP contribution >= 0.6 is 0 Å². The number of rotatable bonds is 4. The molecule has 2 N–H and O–H groups in total. The van der Waals surface area contributed by atoms with Crippen molar-refractivity contribution in [3.63, 3.8) is 0 Å². The summed E-state index contributed by atoms with van der Waals surface area (Å²) in [6.07, 6.45) is -5.13. The number of carbonyl (C=O) groups is 2. The van der Waals surface area contributed by atoms with Gasteiger partial charge in [-0.1, -0.05) is 6.07 Å². The molecule has 1 amide bonds. The van der Waals surface area contributed by atoms with Crippen molar-refractivity contribution in [3.8, 4) is 0 Å². The van der Waals surface area contributed by atoms with Crippen molar-refractivity contribution in [1.29, 1.82) is 0 Å². The number of hydrogen-bond acceptors (Lipinski definition) is 7. The topological polar surface area (TPSA) is 153 Å². The minimum Gasteiger partial charge on any atom is -0.465 e. The van der Waals surface area contributed by atoms with Crippen LogP contribution in [0.25, 0.3) is 11.0 Å². The Morgan fingerprint density at radius 2 is 1.81 bits per heavy atom. The lowest BCUT2D eigenvalue weighted by atomic mass is 10.1. The first-order chi connectivity index (χ1) is 14.9. The third-order valence-corrected chi connectivity index (χ3v) is 4.26. The number of nitro benzene ring substituents is 1. The average molecular weight is 452 g/mol. The van der Waals surface area contributed by atoms with Crippen molar-refractivity contribution in [1.82, 2.24) is 9.66 Å². The fourth-order valence-electron chi connectivity index (χ4n) is 2.81. The first-order valence-electron chi connectivity index (χ1n) is 8.48. The van der Waals surface area contributed by atoms with Crippen LogP contribution in [0.1, 0.15) is 26.3 Å². The molecule has 32 heavy (non-hydrogen) atoms. The SMILES string of the molecule is COC(=O)c1cccc(C(=O)Nn2c(=O)c(=O)[nH]c3cc(C(F)(F)F)c([N+](=O)[O-])cc32)c1. The molecule has 166 valence electrons. The zero-order chi connectivity index (χ0) is 23.8. The van der Waals surface area contributed by atoms with Crippen molar-refractivity contribution in [2.75, 3.05) is 12.5 Å². The van der Waals surface area contributed by atoms with E-state index in [4.69, 9.17) is 0 Å². The molecule has 14 heteroatoms. The molecule has 0 saturated carbocycles. The normalized spacial score (nSPS) is 11.2. The van der Waals surface area contributed by atoms with Crippen molar-refractivity contribution in [3.05, 3.63) is 83.9 Å². The van der Waals surface area contributed by atoms with Crippen LogP contribution in [0.4, 0.5) is 18.9 Å². The van der Waals surface area contributed by atoms with Crippen LogP contribution in [0.2, 0.25) is 0 Å². The Balaban J connectivity index is 2.19. The third-order valence-electron chi connectivity index (χ3n) is 4.26. The summed E-state index contributed by atoms with van der Waals surface area (Å²) in [5.41, 5.74) is -5.19. The molecule has 3 rings (SSSR count). The summed E-state index contributed by atoms with van der Waals surface area (Å²) in [5.74, 6) is -1.80. The fourth-order valence-corrected chi connectivity index (χ4v) is 2.81. The third kappa shape index (κ3) is 4.05. The van der Waals surface area contributed by atoms with Gasteiger partial charge >= 0.3 is 23.3 Å². The Morgan fingerprint density at radius 1 is 1.16 bits per heavy atom. The summed E-state index contributed by atoms with van der Waals surface area (Å²) in [6.45, 7) is 0. The highest BCUT2D eigenvalue weighted by molar-refractivity contribution is 6.02. The van der Waals surface area contributed by atoms with E-state index in [1.165, 1.54) is 18.2 Å². The Kier molecular flexibility index (Phi) is 5.53. The number of H-pyrrole nitrogens is 1. The number of nitro groups is 1. The Bertz CT molecular complexity index is 1390. The lowest BCUT2D eigenvalue weighted by molar-refractivity contribution is -0.387. The van der Waals surface area contributed by atoms with Crippen LogP contribution < -0.4 is 16.5 Å². The number of aromatic amines is 1. The van der Waals surface area contributed by atoms with Gasteiger partial charge in [-0.2, -0.15) is 13.2 Å². The predicted octanol–water partition coefficient (Wildman–Crippen LogP) is 1.79. The lowest BCUT2D eigenvalue weighted by Crippen LogP contribution is -2.42. The second-order valence-corrected chi connectivity index (χ2v) is 6.25. The van der Waals surface area contributed by atoms with E-state index in [1.54, 1.807) is 0 Å². The number of esters is 1. The van der Waals surface area contributed by atoms with E-state index in [2.05, 4.69) is 4.74 Å². The minimum absolute atomic E-state index is 0.0197. The van der Waals surface area contributed by atoms with Gasteiger partial charge in [-0.3, -0.25) is 29.9 Å². The number of aromatic nitrogens is 2. The van der Waals surface area contributed by atoms with E-state index in [0.29, 0.717) is 6.07 Å². The second-order valence-electron chi connectivity index (χ2n) is 6.25. The Morgan fingerprint density at radius 3 is 2.41 bits per heavy atom. The number of ether oxygens (including phenoxy) is 1. The van der Waals surface area contributed by atoms with E-state index >= 15 is 0 Å². The van der Waals surface area contributed by atoms with Gasteiger partial charge in [0.2, 0.25) is 0 Å². The molecule has 0 aliphatic carbocycles. The molecule has 1 heterocycles. The predicted molar refractivity (Wildman–Crippen MR) is 102 cm³/mol. The fraction of sp³-hybridized carbons (Fsp3) is 0.111. The first kappa shape index (κ1) is 22.2. The molecule has 0 spiro atoms. The van der Waals surface area contributed by atoms with Crippen LogP contribution in [0.3, 0.4) is 0 Å². The minimum atomic E-state index is -5.13. The lowest BCUT2D eigenvalue weighted by Gasteiger charge is -2.13. The van der Waals surface area contributed by atoms with Crippen LogP contribution in [0, 0.1) is 10.1 Å². The van der Waals surface area contributed by atoms with Crippen molar-refractivity contribution in [2.45, 2.75) is 6.18 Å². The van der Waals surface area contributed by atoms with Crippen LogP contribution in [0.15, 0.2) is 46.0 Å². The number of nitrogens with zero attached hydrogens (tertiary/aromatic N) is 2.